The number of nitrogen functional groups attached to an aromatic ring is 1. The van der Waals surface area contributed by atoms with Gasteiger partial charge in [-0.3, -0.25) is 0 Å². The maximum Gasteiger partial charge on any atom is 0.150 e. The van der Waals surface area contributed by atoms with Gasteiger partial charge in [0.05, 0.1) is 41.3 Å². The zero-order valence-corrected chi connectivity index (χ0v) is 13.7. The van der Waals surface area contributed by atoms with Crippen molar-refractivity contribution in [3.05, 3.63) is 58.5 Å². The number of aromatic nitrogens is 3. The van der Waals surface area contributed by atoms with E-state index in [0.717, 1.165) is 11.3 Å². The second kappa shape index (κ2) is 6.31. The summed E-state index contributed by atoms with van der Waals surface area (Å²) in [4.78, 5) is 8.60. The van der Waals surface area contributed by atoms with Crippen molar-refractivity contribution in [3.63, 3.8) is 0 Å². The van der Waals surface area contributed by atoms with Crippen LogP contribution in [0.1, 0.15) is 12.1 Å². The fourth-order valence-corrected chi connectivity index (χ4v) is 2.96. The van der Waals surface area contributed by atoms with Crippen molar-refractivity contribution in [2.24, 2.45) is 4.99 Å². The largest absolute Gasteiger partial charge is 0.390 e. The van der Waals surface area contributed by atoms with Crippen LogP contribution in [0, 0.1) is 11.3 Å². The monoisotopic (exact) mass is 345 g/mol. The number of rotatable bonds is 1. The number of nitrogens with one attached hydrogen (secondary N) is 1. The van der Waals surface area contributed by atoms with E-state index in [1.807, 2.05) is 12.2 Å². The zero-order valence-electron chi connectivity index (χ0n) is 13.7. The number of allylic oxidation sites excluding steroid dienone is 4. The van der Waals surface area contributed by atoms with Gasteiger partial charge in [-0.2, -0.15) is 10.4 Å². The van der Waals surface area contributed by atoms with E-state index in [1.165, 1.54) is 0 Å². The molecule has 4 N–H and O–H groups in total. The van der Waals surface area contributed by atoms with Gasteiger partial charge < -0.3 is 16.2 Å². The van der Waals surface area contributed by atoms with Crippen LogP contribution in [0.5, 0.6) is 0 Å². The summed E-state index contributed by atoms with van der Waals surface area (Å²) in [7, 11) is 0. The average Bonchev–Trinajstić information content (AvgIpc) is 3.13. The van der Waals surface area contributed by atoms with Gasteiger partial charge in [0, 0.05) is 6.20 Å². The Balaban J connectivity index is 2.20. The zero-order chi connectivity index (χ0) is 18.1. The summed E-state index contributed by atoms with van der Waals surface area (Å²) in [5.41, 5.74) is 9.41. The first-order valence-electron chi connectivity index (χ1n) is 7.97. The molecule has 2 aromatic heterocycles. The molecule has 0 atom stereocenters. The number of aliphatic imine (C=N–C) groups is 1. The lowest BCUT2D eigenvalue weighted by molar-refractivity contribution is 0.276. The molecule has 0 fully saturated rings. The van der Waals surface area contributed by atoms with Gasteiger partial charge in [0.25, 0.3) is 0 Å². The Hall–Kier alpha value is -3.70. The molecule has 4 rings (SSSR count). The molecule has 0 radical (unpaired) electrons. The summed E-state index contributed by atoms with van der Waals surface area (Å²) < 4.78 is 1.67. The smallest absolute Gasteiger partial charge is 0.150 e. The summed E-state index contributed by atoms with van der Waals surface area (Å²) in [6.07, 6.45) is 11.2. The average molecular weight is 345 g/mol. The van der Waals surface area contributed by atoms with Crippen molar-refractivity contribution < 1.29 is 5.11 Å². The number of nitrogens with two attached hydrogens (primary N) is 1. The van der Waals surface area contributed by atoms with Crippen molar-refractivity contribution in [2.75, 3.05) is 5.73 Å². The van der Waals surface area contributed by atoms with Crippen molar-refractivity contribution in [2.45, 2.75) is 13.0 Å². The first-order chi connectivity index (χ1) is 12.7. The van der Waals surface area contributed by atoms with Gasteiger partial charge in [0.15, 0.2) is 0 Å². The van der Waals surface area contributed by atoms with Crippen molar-refractivity contribution in [1.82, 2.24) is 19.9 Å². The molecule has 128 valence electrons. The van der Waals surface area contributed by atoms with Gasteiger partial charge in [-0.05, 0) is 36.3 Å². The van der Waals surface area contributed by atoms with Crippen LogP contribution >= 0.6 is 0 Å². The maximum absolute atomic E-state index is 9.46. The summed E-state index contributed by atoms with van der Waals surface area (Å²) >= 11 is 0. The Bertz CT molecular complexity index is 1190. The summed E-state index contributed by atoms with van der Waals surface area (Å²) in [6, 6.07) is 3.86. The van der Waals surface area contributed by atoms with Crippen LogP contribution in [-0.2, 0) is 6.61 Å². The SMILES string of the molecule is N#CC1=CC(=c2nc(N)c3cc(CO)nn3c2=C2C=CN=CN2)CC=C1. The lowest BCUT2D eigenvalue weighted by Gasteiger charge is -2.10. The number of aliphatic hydroxyl groups is 1. The van der Waals surface area contributed by atoms with Crippen LogP contribution < -0.4 is 21.7 Å². The Morgan fingerprint density at radius 1 is 1.38 bits per heavy atom. The molecule has 0 aromatic carbocycles. The van der Waals surface area contributed by atoms with Crippen molar-refractivity contribution in [3.8, 4) is 6.07 Å². The van der Waals surface area contributed by atoms with Gasteiger partial charge >= 0.3 is 0 Å². The lowest BCUT2D eigenvalue weighted by atomic mass is 10.0. The van der Waals surface area contributed by atoms with Gasteiger partial charge in [-0.15, -0.1) is 0 Å². The summed E-state index contributed by atoms with van der Waals surface area (Å²) in [6.45, 7) is -0.201. The molecule has 0 amide bonds. The van der Waals surface area contributed by atoms with Gasteiger partial charge in [-0.25, -0.2) is 14.5 Å². The molecule has 26 heavy (non-hydrogen) atoms. The van der Waals surface area contributed by atoms with E-state index in [4.69, 9.17) is 5.73 Å². The number of nitriles is 1. The molecule has 0 saturated carbocycles. The van der Waals surface area contributed by atoms with E-state index >= 15 is 0 Å². The molecule has 0 bridgehead atoms. The molecule has 1 aliphatic carbocycles. The number of aliphatic hydroxyl groups excluding tert-OH is 1. The van der Waals surface area contributed by atoms with E-state index in [0.29, 0.717) is 39.7 Å². The molecule has 3 heterocycles. The first kappa shape index (κ1) is 15.8. The molecule has 0 unspecified atom stereocenters. The fourth-order valence-electron chi connectivity index (χ4n) is 2.96. The summed E-state index contributed by atoms with van der Waals surface area (Å²) in [5.74, 6) is 0.305. The molecule has 2 aliphatic rings. The Morgan fingerprint density at radius 2 is 2.27 bits per heavy atom. The number of nitrogens with zero attached hydrogens (tertiary/aromatic N) is 5. The second-order valence-electron chi connectivity index (χ2n) is 5.78. The minimum atomic E-state index is -0.201. The number of hydrogen-bond acceptors (Lipinski definition) is 7. The third kappa shape index (κ3) is 2.56. The quantitative estimate of drug-likeness (QED) is 0.647. The number of anilines is 1. The minimum Gasteiger partial charge on any atom is -0.390 e. The topological polar surface area (TPSA) is 125 Å². The highest BCUT2D eigenvalue weighted by Gasteiger charge is 2.13. The van der Waals surface area contributed by atoms with E-state index in [1.54, 1.807) is 35.3 Å². The van der Waals surface area contributed by atoms with Gasteiger partial charge in [0.2, 0.25) is 0 Å². The standard InChI is InChI=1S/C18H15N7O/c19-8-11-2-1-3-12(6-11)16-17(14-4-5-21-10-22-14)25-15(18(20)23-16)7-13(9-26)24-25/h1-2,4-7,10,26H,3,9H2,(H2,20,23)(H,21,22). The Morgan fingerprint density at radius 3 is 3.00 bits per heavy atom. The van der Waals surface area contributed by atoms with Crippen LogP contribution in [0.4, 0.5) is 5.82 Å². The minimum absolute atomic E-state index is 0.201. The highest BCUT2D eigenvalue weighted by Crippen LogP contribution is 2.15. The number of fused-ring (bicyclic) bond motifs is 1. The Labute approximate surface area is 148 Å². The van der Waals surface area contributed by atoms with E-state index < -0.39 is 0 Å². The number of hydrogen-bond donors (Lipinski definition) is 3. The second-order valence-corrected chi connectivity index (χ2v) is 5.78. The van der Waals surface area contributed by atoms with Crippen LogP contribution in [-0.4, -0.2) is 26.0 Å². The predicted octanol–water partition coefficient (Wildman–Crippen LogP) is -0.382. The maximum atomic E-state index is 9.46. The molecular formula is C18H15N7O. The normalized spacial score (nSPS) is 20.1. The van der Waals surface area contributed by atoms with Crippen LogP contribution in [0.3, 0.4) is 0 Å². The molecule has 8 heteroatoms. The molecular weight excluding hydrogens is 330 g/mol. The highest BCUT2D eigenvalue weighted by atomic mass is 16.3. The molecule has 1 aliphatic heterocycles. The molecule has 2 aromatic rings. The van der Waals surface area contributed by atoms with Crippen molar-refractivity contribution >= 4 is 28.9 Å². The lowest BCUT2D eigenvalue weighted by Crippen LogP contribution is -2.42. The molecule has 0 spiro atoms. The van der Waals surface area contributed by atoms with Gasteiger partial charge in [-0.1, -0.05) is 6.08 Å². The molecule has 0 saturated heterocycles. The van der Waals surface area contributed by atoms with Gasteiger partial charge in [0.1, 0.15) is 16.7 Å². The van der Waals surface area contributed by atoms with E-state index in [2.05, 4.69) is 26.5 Å². The Kier molecular flexibility index (Phi) is 3.84. The van der Waals surface area contributed by atoms with Crippen molar-refractivity contribution in [1.29, 1.82) is 5.26 Å². The third-order valence-electron chi connectivity index (χ3n) is 4.13. The third-order valence-corrected chi connectivity index (χ3v) is 4.13. The van der Waals surface area contributed by atoms with Crippen LogP contribution in [0.25, 0.3) is 16.8 Å². The van der Waals surface area contributed by atoms with E-state index in [-0.39, 0.29) is 6.61 Å². The highest BCUT2D eigenvalue weighted by molar-refractivity contribution is 5.76. The first-order valence-corrected chi connectivity index (χ1v) is 7.97. The fraction of sp³-hybridized carbons (Fsp3) is 0.111. The van der Waals surface area contributed by atoms with Crippen LogP contribution in [0.15, 0.2) is 47.1 Å². The van der Waals surface area contributed by atoms with E-state index in [9.17, 15) is 10.4 Å². The predicted molar refractivity (Wildman–Crippen MR) is 97.6 cm³/mol. The molecule has 8 nitrogen and oxygen atoms in total. The summed E-state index contributed by atoms with van der Waals surface area (Å²) in [5, 5.41) is 27.5. The van der Waals surface area contributed by atoms with Crippen LogP contribution in [0.2, 0.25) is 0 Å².